The van der Waals surface area contributed by atoms with Crippen LogP contribution in [0.5, 0.6) is 0 Å². The van der Waals surface area contributed by atoms with Crippen LogP contribution in [0, 0.1) is 0 Å². The summed E-state index contributed by atoms with van der Waals surface area (Å²) >= 11 is 0. The monoisotopic (exact) mass is 243 g/mol. The summed E-state index contributed by atoms with van der Waals surface area (Å²) < 4.78 is 5.14. The molecule has 98 valence electrons. The SMILES string of the molecule is CC(C)(C)OC(=O)N[C@H]1CCN(C(=O)CN)C1. The van der Waals surface area contributed by atoms with Crippen molar-refractivity contribution in [3.8, 4) is 0 Å². The molecule has 1 saturated heterocycles. The Morgan fingerprint density at radius 2 is 2.12 bits per heavy atom. The van der Waals surface area contributed by atoms with Crippen LogP contribution in [0.2, 0.25) is 0 Å². The van der Waals surface area contributed by atoms with Crippen molar-refractivity contribution in [1.29, 1.82) is 0 Å². The number of likely N-dealkylation sites (tertiary alicyclic amines) is 1. The van der Waals surface area contributed by atoms with Crippen LogP contribution >= 0.6 is 0 Å². The highest BCUT2D eigenvalue weighted by atomic mass is 16.6. The van der Waals surface area contributed by atoms with Crippen LogP contribution in [0.1, 0.15) is 27.2 Å². The van der Waals surface area contributed by atoms with E-state index in [2.05, 4.69) is 5.32 Å². The molecule has 0 saturated carbocycles. The molecular weight excluding hydrogens is 222 g/mol. The fourth-order valence-electron chi connectivity index (χ4n) is 1.71. The Kier molecular flexibility index (Phi) is 4.34. The zero-order valence-corrected chi connectivity index (χ0v) is 10.7. The van der Waals surface area contributed by atoms with Gasteiger partial charge in [0.1, 0.15) is 5.60 Å². The smallest absolute Gasteiger partial charge is 0.407 e. The average molecular weight is 243 g/mol. The number of hydrogen-bond donors (Lipinski definition) is 2. The number of carbonyl (C=O) groups is 2. The molecule has 6 nitrogen and oxygen atoms in total. The molecule has 1 aliphatic heterocycles. The number of nitrogens with one attached hydrogen (secondary N) is 1. The molecule has 2 amide bonds. The molecule has 1 atom stereocenters. The number of ether oxygens (including phenoxy) is 1. The van der Waals surface area contributed by atoms with Gasteiger partial charge in [0, 0.05) is 13.1 Å². The lowest BCUT2D eigenvalue weighted by molar-refractivity contribution is -0.128. The summed E-state index contributed by atoms with van der Waals surface area (Å²) in [7, 11) is 0. The third-order valence-corrected chi connectivity index (χ3v) is 2.44. The predicted octanol–water partition coefficient (Wildman–Crippen LogP) is 0.0707. The van der Waals surface area contributed by atoms with Crippen molar-refractivity contribution in [2.45, 2.75) is 38.8 Å². The molecule has 0 unspecified atom stereocenters. The van der Waals surface area contributed by atoms with Crippen LogP contribution in [-0.4, -0.2) is 48.2 Å². The van der Waals surface area contributed by atoms with Crippen molar-refractivity contribution >= 4 is 12.0 Å². The van der Waals surface area contributed by atoms with Crippen molar-refractivity contribution in [2.75, 3.05) is 19.6 Å². The molecule has 0 aromatic rings. The van der Waals surface area contributed by atoms with Gasteiger partial charge in [0.2, 0.25) is 5.91 Å². The maximum Gasteiger partial charge on any atom is 0.407 e. The fourth-order valence-corrected chi connectivity index (χ4v) is 1.71. The van der Waals surface area contributed by atoms with Crippen molar-refractivity contribution in [3.63, 3.8) is 0 Å². The quantitative estimate of drug-likeness (QED) is 0.719. The van der Waals surface area contributed by atoms with Crippen molar-refractivity contribution in [1.82, 2.24) is 10.2 Å². The van der Waals surface area contributed by atoms with Crippen LogP contribution in [-0.2, 0) is 9.53 Å². The number of rotatable bonds is 2. The lowest BCUT2D eigenvalue weighted by Gasteiger charge is -2.22. The van der Waals surface area contributed by atoms with Gasteiger partial charge in [0.15, 0.2) is 0 Å². The van der Waals surface area contributed by atoms with E-state index in [1.165, 1.54) is 0 Å². The fraction of sp³-hybridized carbons (Fsp3) is 0.818. The van der Waals surface area contributed by atoms with Crippen molar-refractivity contribution in [2.24, 2.45) is 5.73 Å². The molecule has 17 heavy (non-hydrogen) atoms. The summed E-state index contributed by atoms with van der Waals surface area (Å²) in [6, 6.07) is -0.0413. The van der Waals surface area contributed by atoms with Gasteiger partial charge < -0.3 is 20.7 Å². The number of nitrogens with zero attached hydrogens (tertiary/aromatic N) is 1. The van der Waals surface area contributed by atoms with E-state index in [0.29, 0.717) is 13.1 Å². The Bertz CT molecular complexity index is 299. The standard InChI is InChI=1S/C11H21N3O3/c1-11(2,3)17-10(16)13-8-4-5-14(7-8)9(15)6-12/h8H,4-7,12H2,1-3H3,(H,13,16)/t8-/m0/s1. The summed E-state index contributed by atoms with van der Waals surface area (Å²) in [4.78, 5) is 24.5. The minimum Gasteiger partial charge on any atom is -0.444 e. The van der Waals surface area contributed by atoms with E-state index in [1.807, 2.05) is 20.8 Å². The average Bonchev–Trinajstić information content (AvgIpc) is 2.62. The van der Waals surface area contributed by atoms with Crippen LogP contribution in [0.25, 0.3) is 0 Å². The topological polar surface area (TPSA) is 84.7 Å². The summed E-state index contributed by atoms with van der Waals surface area (Å²) in [5.74, 6) is -0.0847. The zero-order valence-electron chi connectivity index (χ0n) is 10.7. The molecule has 1 fully saturated rings. The molecule has 0 bridgehead atoms. The Hall–Kier alpha value is -1.30. The second-order valence-corrected chi connectivity index (χ2v) is 5.18. The molecule has 0 aromatic heterocycles. The Balaban J connectivity index is 2.35. The molecule has 0 radical (unpaired) electrons. The molecule has 6 heteroatoms. The van der Waals surface area contributed by atoms with E-state index in [-0.39, 0.29) is 18.5 Å². The number of amides is 2. The van der Waals surface area contributed by atoms with Crippen molar-refractivity contribution < 1.29 is 14.3 Å². The van der Waals surface area contributed by atoms with Crippen LogP contribution in [0.4, 0.5) is 4.79 Å². The number of hydrogen-bond acceptors (Lipinski definition) is 4. The Labute approximate surface area is 101 Å². The van der Waals surface area contributed by atoms with E-state index < -0.39 is 11.7 Å². The van der Waals surface area contributed by atoms with Crippen LogP contribution in [0.3, 0.4) is 0 Å². The van der Waals surface area contributed by atoms with Gasteiger partial charge >= 0.3 is 6.09 Å². The Morgan fingerprint density at radius 1 is 1.47 bits per heavy atom. The first kappa shape index (κ1) is 13.8. The lowest BCUT2D eigenvalue weighted by atomic mass is 10.2. The van der Waals surface area contributed by atoms with Crippen LogP contribution < -0.4 is 11.1 Å². The maximum absolute atomic E-state index is 11.5. The summed E-state index contributed by atoms with van der Waals surface area (Å²) in [6.07, 6.45) is 0.301. The molecule has 0 aliphatic carbocycles. The van der Waals surface area contributed by atoms with Crippen LogP contribution in [0.15, 0.2) is 0 Å². The molecule has 3 N–H and O–H groups in total. The first-order valence-corrected chi connectivity index (χ1v) is 5.79. The lowest BCUT2D eigenvalue weighted by Crippen LogP contribution is -2.42. The second-order valence-electron chi connectivity index (χ2n) is 5.18. The van der Waals surface area contributed by atoms with Gasteiger partial charge in [0.05, 0.1) is 12.6 Å². The van der Waals surface area contributed by atoms with Gasteiger partial charge in [0.25, 0.3) is 0 Å². The van der Waals surface area contributed by atoms with E-state index in [9.17, 15) is 9.59 Å². The minimum atomic E-state index is -0.505. The van der Waals surface area contributed by atoms with Gasteiger partial charge in [-0.25, -0.2) is 4.79 Å². The van der Waals surface area contributed by atoms with Gasteiger partial charge in [-0.3, -0.25) is 4.79 Å². The number of carbonyl (C=O) groups excluding carboxylic acids is 2. The second kappa shape index (κ2) is 5.35. The molecule has 1 heterocycles. The van der Waals surface area contributed by atoms with E-state index in [0.717, 1.165) is 6.42 Å². The first-order valence-electron chi connectivity index (χ1n) is 5.79. The number of nitrogens with two attached hydrogens (primary N) is 1. The van der Waals surface area contributed by atoms with Gasteiger partial charge in [-0.2, -0.15) is 0 Å². The third kappa shape index (κ3) is 4.60. The molecular formula is C11H21N3O3. The zero-order chi connectivity index (χ0) is 13.1. The maximum atomic E-state index is 11.5. The minimum absolute atomic E-state index is 0.0131. The first-order chi connectivity index (χ1) is 7.81. The molecule has 1 rings (SSSR count). The predicted molar refractivity (Wildman–Crippen MR) is 63.4 cm³/mol. The summed E-state index contributed by atoms with van der Waals surface area (Å²) in [6.45, 7) is 6.59. The van der Waals surface area contributed by atoms with Gasteiger partial charge in [-0.05, 0) is 27.2 Å². The van der Waals surface area contributed by atoms with Gasteiger partial charge in [-0.15, -0.1) is 0 Å². The highest BCUT2D eigenvalue weighted by molar-refractivity contribution is 5.78. The van der Waals surface area contributed by atoms with Gasteiger partial charge in [-0.1, -0.05) is 0 Å². The highest BCUT2D eigenvalue weighted by Crippen LogP contribution is 2.11. The Morgan fingerprint density at radius 3 is 2.65 bits per heavy atom. The summed E-state index contributed by atoms with van der Waals surface area (Å²) in [5.41, 5.74) is 4.77. The summed E-state index contributed by atoms with van der Waals surface area (Å²) in [5, 5.41) is 2.75. The third-order valence-electron chi connectivity index (χ3n) is 2.44. The van der Waals surface area contributed by atoms with E-state index in [1.54, 1.807) is 4.90 Å². The molecule has 1 aliphatic rings. The normalized spacial score (nSPS) is 20.2. The van der Waals surface area contributed by atoms with Crippen molar-refractivity contribution in [3.05, 3.63) is 0 Å². The van der Waals surface area contributed by atoms with E-state index in [4.69, 9.17) is 10.5 Å². The molecule has 0 spiro atoms. The van der Waals surface area contributed by atoms with E-state index >= 15 is 0 Å². The number of alkyl carbamates (subject to hydrolysis) is 1. The largest absolute Gasteiger partial charge is 0.444 e. The highest BCUT2D eigenvalue weighted by Gasteiger charge is 2.27. The molecule has 0 aromatic carbocycles.